The van der Waals surface area contributed by atoms with Crippen molar-refractivity contribution in [2.75, 3.05) is 5.32 Å². The van der Waals surface area contributed by atoms with Crippen LogP contribution in [0.4, 0.5) is 5.13 Å². The van der Waals surface area contributed by atoms with Crippen molar-refractivity contribution in [3.05, 3.63) is 46.5 Å². The van der Waals surface area contributed by atoms with E-state index in [1.807, 2.05) is 0 Å². The molecule has 0 aliphatic rings. The summed E-state index contributed by atoms with van der Waals surface area (Å²) < 4.78 is 0. The number of rotatable bonds is 4. The molecule has 0 saturated carbocycles. The van der Waals surface area contributed by atoms with Crippen LogP contribution in [0.3, 0.4) is 0 Å². The topological polar surface area (TPSA) is 59.1 Å². The van der Waals surface area contributed by atoms with Gasteiger partial charge in [0.05, 0.1) is 0 Å². The standard InChI is InChI=1S/C14H14N2O2S/c1-9(2)12-7-15-14(19-12)16-13(18)11-5-3-10(8-17)4-6-11/h3-9H,1-2H3,(H,15,16,18). The van der Waals surface area contributed by atoms with Crippen LogP contribution < -0.4 is 5.32 Å². The summed E-state index contributed by atoms with van der Waals surface area (Å²) in [5.74, 6) is 0.178. The summed E-state index contributed by atoms with van der Waals surface area (Å²) in [4.78, 5) is 27.8. The number of benzene rings is 1. The van der Waals surface area contributed by atoms with E-state index in [0.717, 1.165) is 11.2 Å². The highest BCUT2D eigenvalue weighted by molar-refractivity contribution is 7.15. The lowest BCUT2D eigenvalue weighted by Crippen LogP contribution is -2.11. The van der Waals surface area contributed by atoms with Gasteiger partial charge in [0, 0.05) is 22.2 Å². The molecule has 1 aromatic heterocycles. The number of carbonyl (C=O) groups is 2. The van der Waals surface area contributed by atoms with E-state index in [2.05, 4.69) is 24.1 Å². The van der Waals surface area contributed by atoms with Gasteiger partial charge in [-0.1, -0.05) is 26.0 Å². The van der Waals surface area contributed by atoms with Crippen molar-refractivity contribution in [3.63, 3.8) is 0 Å². The minimum atomic E-state index is -0.220. The van der Waals surface area contributed by atoms with Crippen molar-refractivity contribution in [1.82, 2.24) is 4.98 Å². The molecule has 0 spiro atoms. The Morgan fingerprint density at radius 1 is 1.32 bits per heavy atom. The molecule has 1 aromatic carbocycles. The number of carbonyl (C=O) groups excluding carboxylic acids is 2. The van der Waals surface area contributed by atoms with Gasteiger partial charge < -0.3 is 0 Å². The molecular formula is C14H14N2O2S. The molecule has 2 aromatic rings. The Morgan fingerprint density at radius 2 is 2.00 bits per heavy atom. The maximum Gasteiger partial charge on any atom is 0.257 e. The fraction of sp³-hybridized carbons (Fsp3) is 0.214. The Balaban J connectivity index is 2.08. The monoisotopic (exact) mass is 274 g/mol. The molecule has 0 radical (unpaired) electrons. The fourth-order valence-corrected chi connectivity index (χ4v) is 2.31. The van der Waals surface area contributed by atoms with Gasteiger partial charge in [-0.2, -0.15) is 0 Å². The van der Waals surface area contributed by atoms with Gasteiger partial charge in [0.1, 0.15) is 6.29 Å². The molecule has 0 saturated heterocycles. The number of thiazole rings is 1. The Morgan fingerprint density at radius 3 is 2.53 bits per heavy atom. The van der Waals surface area contributed by atoms with Gasteiger partial charge in [0.15, 0.2) is 5.13 Å². The molecule has 4 nitrogen and oxygen atoms in total. The first-order valence-corrected chi connectivity index (χ1v) is 6.74. The number of nitrogens with zero attached hydrogens (tertiary/aromatic N) is 1. The van der Waals surface area contributed by atoms with E-state index in [-0.39, 0.29) is 5.91 Å². The number of hydrogen-bond donors (Lipinski definition) is 1. The third-order valence-electron chi connectivity index (χ3n) is 2.62. The van der Waals surface area contributed by atoms with E-state index in [1.165, 1.54) is 11.3 Å². The normalized spacial score (nSPS) is 10.5. The first-order chi connectivity index (χ1) is 9.10. The molecule has 0 atom stereocenters. The second kappa shape index (κ2) is 5.75. The van der Waals surface area contributed by atoms with Crippen LogP contribution >= 0.6 is 11.3 Å². The molecule has 2 rings (SSSR count). The highest BCUT2D eigenvalue weighted by Crippen LogP contribution is 2.25. The Bertz CT molecular complexity index is 588. The third kappa shape index (κ3) is 3.26. The summed E-state index contributed by atoms with van der Waals surface area (Å²) in [7, 11) is 0. The first-order valence-electron chi connectivity index (χ1n) is 5.92. The van der Waals surface area contributed by atoms with Gasteiger partial charge in [0.25, 0.3) is 5.91 Å². The molecule has 0 fully saturated rings. The van der Waals surface area contributed by atoms with Crippen LogP contribution in [0.2, 0.25) is 0 Å². The molecular weight excluding hydrogens is 260 g/mol. The average Bonchev–Trinajstić information content (AvgIpc) is 2.87. The van der Waals surface area contributed by atoms with Crippen molar-refractivity contribution in [1.29, 1.82) is 0 Å². The summed E-state index contributed by atoms with van der Waals surface area (Å²) >= 11 is 1.47. The first kappa shape index (κ1) is 13.4. The molecule has 0 aliphatic carbocycles. The van der Waals surface area contributed by atoms with Crippen molar-refractivity contribution in [2.45, 2.75) is 19.8 Å². The molecule has 1 heterocycles. The van der Waals surface area contributed by atoms with Crippen LogP contribution in [-0.4, -0.2) is 17.2 Å². The number of anilines is 1. The summed E-state index contributed by atoms with van der Waals surface area (Å²) in [6.07, 6.45) is 2.53. The van der Waals surface area contributed by atoms with Gasteiger partial charge in [-0.05, 0) is 18.1 Å². The number of aldehydes is 1. The molecule has 0 bridgehead atoms. The van der Waals surface area contributed by atoms with Crippen molar-refractivity contribution < 1.29 is 9.59 Å². The van der Waals surface area contributed by atoms with E-state index in [0.29, 0.717) is 22.2 Å². The zero-order valence-electron chi connectivity index (χ0n) is 10.7. The van der Waals surface area contributed by atoms with Gasteiger partial charge in [-0.25, -0.2) is 4.98 Å². The molecule has 0 aliphatic heterocycles. The highest BCUT2D eigenvalue weighted by atomic mass is 32.1. The maximum absolute atomic E-state index is 12.0. The quantitative estimate of drug-likeness (QED) is 0.870. The van der Waals surface area contributed by atoms with Crippen LogP contribution in [0.25, 0.3) is 0 Å². The Labute approximate surface area is 115 Å². The Kier molecular flexibility index (Phi) is 4.06. The van der Waals surface area contributed by atoms with E-state index in [4.69, 9.17) is 0 Å². The SMILES string of the molecule is CC(C)c1cnc(NC(=O)c2ccc(C=O)cc2)s1. The highest BCUT2D eigenvalue weighted by Gasteiger charge is 2.10. The largest absolute Gasteiger partial charge is 0.298 e. The fourth-order valence-electron chi connectivity index (χ4n) is 1.49. The zero-order valence-corrected chi connectivity index (χ0v) is 11.5. The van der Waals surface area contributed by atoms with Crippen molar-refractivity contribution in [3.8, 4) is 0 Å². The van der Waals surface area contributed by atoms with E-state index >= 15 is 0 Å². The number of hydrogen-bond acceptors (Lipinski definition) is 4. The summed E-state index contributed by atoms with van der Waals surface area (Å²) in [6, 6.07) is 6.47. The second-order valence-electron chi connectivity index (χ2n) is 4.42. The number of nitrogens with one attached hydrogen (secondary N) is 1. The lowest BCUT2D eigenvalue weighted by Gasteiger charge is -2.02. The van der Waals surface area contributed by atoms with E-state index < -0.39 is 0 Å². The number of aromatic nitrogens is 1. The van der Waals surface area contributed by atoms with Crippen LogP contribution in [0.1, 0.15) is 45.4 Å². The zero-order chi connectivity index (χ0) is 13.8. The predicted octanol–water partition coefficient (Wildman–Crippen LogP) is 3.33. The minimum Gasteiger partial charge on any atom is -0.298 e. The molecule has 5 heteroatoms. The van der Waals surface area contributed by atoms with Gasteiger partial charge in [-0.15, -0.1) is 11.3 Å². The van der Waals surface area contributed by atoms with Crippen LogP contribution in [0, 0.1) is 0 Å². The predicted molar refractivity (Wildman–Crippen MR) is 76.0 cm³/mol. The second-order valence-corrected chi connectivity index (χ2v) is 5.48. The third-order valence-corrected chi connectivity index (χ3v) is 3.84. The van der Waals surface area contributed by atoms with Crippen LogP contribution in [-0.2, 0) is 0 Å². The van der Waals surface area contributed by atoms with Gasteiger partial charge >= 0.3 is 0 Å². The van der Waals surface area contributed by atoms with Crippen LogP contribution in [0.5, 0.6) is 0 Å². The van der Waals surface area contributed by atoms with Crippen molar-refractivity contribution in [2.24, 2.45) is 0 Å². The molecule has 1 N–H and O–H groups in total. The van der Waals surface area contributed by atoms with Gasteiger partial charge in [-0.3, -0.25) is 14.9 Å². The van der Waals surface area contributed by atoms with Crippen molar-refractivity contribution >= 4 is 28.7 Å². The molecule has 1 amide bonds. The Hall–Kier alpha value is -2.01. The summed E-state index contributed by atoms with van der Waals surface area (Å²) in [5.41, 5.74) is 1.06. The molecule has 98 valence electrons. The summed E-state index contributed by atoms with van der Waals surface area (Å²) in [6.45, 7) is 4.16. The summed E-state index contributed by atoms with van der Waals surface area (Å²) in [5, 5.41) is 3.34. The van der Waals surface area contributed by atoms with E-state index in [1.54, 1.807) is 30.5 Å². The molecule has 19 heavy (non-hydrogen) atoms. The van der Waals surface area contributed by atoms with Crippen LogP contribution in [0.15, 0.2) is 30.5 Å². The maximum atomic E-state index is 12.0. The smallest absolute Gasteiger partial charge is 0.257 e. The number of amides is 1. The lowest BCUT2D eigenvalue weighted by molar-refractivity contribution is 0.102. The van der Waals surface area contributed by atoms with Gasteiger partial charge in [0.2, 0.25) is 0 Å². The minimum absolute atomic E-state index is 0.220. The van der Waals surface area contributed by atoms with E-state index in [9.17, 15) is 9.59 Å². The average molecular weight is 274 g/mol. The molecule has 0 unspecified atom stereocenters. The lowest BCUT2D eigenvalue weighted by atomic mass is 10.1.